The summed E-state index contributed by atoms with van der Waals surface area (Å²) in [6, 6.07) is 0. The number of carbonyl (C=O) groups excluding carboxylic acids is 1. The largest absolute Gasteiger partial charge is 0.393 e. The summed E-state index contributed by atoms with van der Waals surface area (Å²) >= 11 is 0. The first-order chi connectivity index (χ1) is 11.3. The van der Waals surface area contributed by atoms with Gasteiger partial charge in [-0.15, -0.1) is 0 Å². The lowest BCUT2D eigenvalue weighted by molar-refractivity contribution is -0.183. The Morgan fingerprint density at radius 2 is 1.79 bits per heavy atom. The van der Waals surface area contributed by atoms with Crippen molar-refractivity contribution in [2.75, 3.05) is 19.6 Å². The topological polar surface area (TPSA) is 55.6 Å². The molecular formula is C17H27F3N2O2. The molecule has 1 spiro atoms. The van der Waals surface area contributed by atoms with Gasteiger partial charge in [0.1, 0.15) is 0 Å². The van der Waals surface area contributed by atoms with Crippen LogP contribution < -0.4 is 5.73 Å². The summed E-state index contributed by atoms with van der Waals surface area (Å²) in [7, 11) is 0. The molecule has 3 aliphatic rings. The van der Waals surface area contributed by atoms with Gasteiger partial charge >= 0.3 is 6.18 Å². The van der Waals surface area contributed by atoms with Crippen LogP contribution in [0.25, 0.3) is 0 Å². The normalized spacial score (nSPS) is 34.5. The van der Waals surface area contributed by atoms with E-state index in [2.05, 4.69) is 0 Å². The van der Waals surface area contributed by atoms with E-state index < -0.39 is 23.9 Å². The summed E-state index contributed by atoms with van der Waals surface area (Å²) in [6.07, 6.45) is 4.48. The first-order valence-corrected chi connectivity index (χ1v) is 9.05. The number of amides is 1. The predicted octanol–water partition coefficient (Wildman–Crippen LogP) is 2.85. The molecule has 2 saturated heterocycles. The Balaban J connectivity index is 1.58. The van der Waals surface area contributed by atoms with E-state index in [9.17, 15) is 18.0 Å². The van der Waals surface area contributed by atoms with Gasteiger partial charge in [0.25, 0.3) is 0 Å². The third-order valence-corrected chi connectivity index (χ3v) is 6.00. The van der Waals surface area contributed by atoms with Gasteiger partial charge in [-0.25, -0.2) is 0 Å². The standard InChI is InChI=1S/C17H27F3N2O2/c18-17(19,20)14-11-22(10-13(14)15(21)23)9-12-5-8-16(24-12)6-3-1-2-4-7-16/h12-14H,1-11H2,(H2,21,23)/t12?,13-,14-/m1/s1. The molecule has 2 heterocycles. The molecule has 0 aromatic rings. The highest BCUT2D eigenvalue weighted by molar-refractivity contribution is 5.77. The first-order valence-electron chi connectivity index (χ1n) is 9.05. The zero-order valence-corrected chi connectivity index (χ0v) is 14.0. The van der Waals surface area contributed by atoms with E-state index in [0.29, 0.717) is 6.54 Å². The highest BCUT2D eigenvalue weighted by atomic mass is 19.4. The third kappa shape index (κ3) is 3.87. The molecule has 4 nitrogen and oxygen atoms in total. The lowest BCUT2D eigenvalue weighted by Gasteiger charge is -2.29. The Labute approximate surface area is 140 Å². The van der Waals surface area contributed by atoms with Gasteiger partial charge in [-0.3, -0.25) is 9.69 Å². The van der Waals surface area contributed by atoms with Gasteiger partial charge < -0.3 is 10.5 Å². The number of nitrogens with zero attached hydrogens (tertiary/aromatic N) is 1. The van der Waals surface area contributed by atoms with Crippen LogP contribution in [-0.2, 0) is 9.53 Å². The molecule has 3 atom stereocenters. The van der Waals surface area contributed by atoms with Crippen molar-refractivity contribution in [3.63, 3.8) is 0 Å². The van der Waals surface area contributed by atoms with E-state index in [1.54, 1.807) is 4.90 Å². The highest BCUT2D eigenvalue weighted by Crippen LogP contribution is 2.42. The fourth-order valence-corrected chi connectivity index (χ4v) is 4.71. The first kappa shape index (κ1) is 18.0. The zero-order chi connectivity index (χ0) is 17.4. The molecule has 0 aromatic heterocycles. The molecule has 0 bridgehead atoms. The highest BCUT2D eigenvalue weighted by Gasteiger charge is 2.52. The van der Waals surface area contributed by atoms with Gasteiger partial charge in [0, 0.05) is 19.6 Å². The van der Waals surface area contributed by atoms with E-state index in [1.807, 2.05) is 0 Å². The number of alkyl halides is 3. The number of ether oxygens (including phenoxy) is 1. The number of nitrogens with two attached hydrogens (primary N) is 1. The SMILES string of the molecule is NC(=O)[C@@H]1CN(CC2CCC3(CCCCCC3)O2)C[C@H]1C(F)(F)F. The van der Waals surface area contributed by atoms with Crippen molar-refractivity contribution in [1.82, 2.24) is 4.90 Å². The number of carbonyl (C=O) groups is 1. The molecule has 7 heteroatoms. The summed E-state index contributed by atoms with van der Waals surface area (Å²) in [5, 5.41) is 0. The van der Waals surface area contributed by atoms with E-state index in [-0.39, 0.29) is 24.8 Å². The lowest BCUT2D eigenvalue weighted by atomic mass is 9.91. The summed E-state index contributed by atoms with van der Waals surface area (Å²) < 4.78 is 45.7. The van der Waals surface area contributed by atoms with E-state index in [0.717, 1.165) is 25.7 Å². The molecule has 1 saturated carbocycles. The van der Waals surface area contributed by atoms with Crippen molar-refractivity contribution in [2.24, 2.45) is 17.6 Å². The van der Waals surface area contributed by atoms with Crippen LogP contribution in [0, 0.1) is 11.8 Å². The monoisotopic (exact) mass is 348 g/mol. The Morgan fingerprint density at radius 3 is 2.33 bits per heavy atom. The van der Waals surface area contributed by atoms with Gasteiger partial charge in [0.15, 0.2) is 0 Å². The molecule has 0 aromatic carbocycles. The maximum absolute atomic E-state index is 13.1. The van der Waals surface area contributed by atoms with Gasteiger partial charge in [0.05, 0.1) is 23.5 Å². The number of halogens is 3. The third-order valence-electron chi connectivity index (χ3n) is 6.00. The van der Waals surface area contributed by atoms with Crippen molar-refractivity contribution >= 4 is 5.91 Å². The molecule has 2 N–H and O–H groups in total. The number of hydrogen-bond acceptors (Lipinski definition) is 3. The van der Waals surface area contributed by atoms with E-state index in [4.69, 9.17) is 10.5 Å². The van der Waals surface area contributed by atoms with Gasteiger partial charge in [0.2, 0.25) is 5.91 Å². The number of likely N-dealkylation sites (tertiary alicyclic amines) is 1. The summed E-state index contributed by atoms with van der Waals surface area (Å²) in [6.45, 7) is 0.411. The lowest BCUT2D eigenvalue weighted by Crippen LogP contribution is -2.37. The smallest absolute Gasteiger partial charge is 0.370 e. The quantitative estimate of drug-likeness (QED) is 0.853. The zero-order valence-electron chi connectivity index (χ0n) is 14.0. The summed E-state index contributed by atoms with van der Waals surface area (Å²) in [5.74, 6) is -3.64. The van der Waals surface area contributed by atoms with Crippen LogP contribution in [0.5, 0.6) is 0 Å². The number of hydrogen-bond donors (Lipinski definition) is 1. The minimum atomic E-state index is -4.38. The van der Waals surface area contributed by atoms with Crippen LogP contribution in [0.3, 0.4) is 0 Å². The Bertz CT molecular complexity index is 461. The van der Waals surface area contributed by atoms with Crippen LogP contribution in [-0.4, -0.2) is 48.3 Å². The van der Waals surface area contributed by atoms with Crippen molar-refractivity contribution in [2.45, 2.75) is 69.2 Å². The fraction of sp³-hybridized carbons (Fsp3) is 0.941. The van der Waals surface area contributed by atoms with Crippen molar-refractivity contribution in [1.29, 1.82) is 0 Å². The molecule has 1 unspecified atom stereocenters. The van der Waals surface area contributed by atoms with Crippen LogP contribution in [0.4, 0.5) is 13.2 Å². The molecule has 1 aliphatic carbocycles. The fourth-order valence-electron chi connectivity index (χ4n) is 4.71. The maximum atomic E-state index is 13.1. The van der Waals surface area contributed by atoms with Gasteiger partial charge in [-0.2, -0.15) is 13.2 Å². The van der Waals surface area contributed by atoms with Crippen molar-refractivity contribution in [3.8, 4) is 0 Å². The molecule has 1 amide bonds. The number of rotatable bonds is 3. The summed E-state index contributed by atoms with van der Waals surface area (Å²) in [4.78, 5) is 13.1. The van der Waals surface area contributed by atoms with Crippen LogP contribution in [0.1, 0.15) is 51.4 Å². The molecule has 24 heavy (non-hydrogen) atoms. The second-order valence-electron chi connectivity index (χ2n) is 7.75. The van der Waals surface area contributed by atoms with E-state index >= 15 is 0 Å². The molecular weight excluding hydrogens is 321 g/mol. The average Bonchev–Trinajstić information content (AvgIpc) is 3.00. The molecule has 3 fully saturated rings. The minimum absolute atomic E-state index is 0.0244. The Hall–Kier alpha value is -0.820. The van der Waals surface area contributed by atoms with E-state index in [1.165, 1.54) is 25.7 Å². The van der Waals surface area contributed by atoms with Crippen molar-refractivity contribution in [3.05, 3.63) is 0 Å². The minimum Gasteiger partial charge on any atom is -0.370 e. The second kappa shape index (κ2) is 6.83. The average molecular weight is 348 g/mol. The number of primary amides is 1. The molecule has 3 rings (SSSR count). The van der Waals surface area contributed by atoms with Gasteiger partial charge in [-0.1, -0.05) is 25.7 Å². The second-order valence-corrected chi connectivity index (χ2v) is 7.75. The molecule has 0 radical (unpaired) electrons. The predicted molar refractivity (Wildman–Crippen MR) is 83.2 cm³/mol. The van der Waals surface area contributed by atoms with Crippen LogP contribution in [0.15, 0.2) is 0 Å². The van der Waals surface area contributed by atoms with Crippen molar-refractivity contribution < 1.29 is 22.7 Å². The van der Waals surface area contributed by atoms with Crippen LogP contribution in [0.2, 0.25) is 0 Å². The summed E-state index contributed by atoms with van der Waals surface area (Å²) in [5.41, 5.74) is 5.14. The Morgan fingerprint density at radius 1 is 1.12 bits per heavy atom. The molecule has 2 aliphatic heterocycles. The maximum Gasteiger partial charge on any atom is 0.393 e. The van der Waals surface area contributed by atoms with Gasteiger partial charge in [-0.05, 0) is 25.7 Å². The Kier molecular flexibility index (Phi) is 5.12. The molecule has 138 valence electrons. The van der Waals surface area contributed by atoms with Crippen LogP contribution >= 0.6 is 0 Å².